The van der Waals surface area contributed by atoms with E-state index in [4.69, 9.17) is 16.2 Å². The van der Waals surface area contributed by atoms with Gasteiger partial charge in [0.1, 0.15) is 11.7 Å². The second-order valence-electron chi connectivity index (χ2n) is 12.7. The van der Waals surface area contributed by atoms with Gasteiger partial charge in [-0.2, -0.15) is 0 Å². The fraction of sp³-hybridized carbons (Fsp3) is 0.316. The molecule has 0 radical (unpaired) electrons. The van der Waals surface area contributed by atoms with Gasteiger partial charge in [-0.15, -0.1) is 0 Å². The van der Waals surface area contributed by atoms with Crippen LogP contribution >= 0.6 is 0 Å². The Morgan fingerprint density at radius 3 is 1.77 bits per heavy atom. The lowest BCUT2D eigenvalue weighted by atomic mass is 10.1. The van der Waals surface area contributed by atoms with Crippen LogP contribution in [0.2, 0.25) is 0 Å². The summed E-state index contributed by atoms with van der Waals surface area (Å²) < 4.78 is 5.43. The molecule has 2 aromatic heterocycles. The van der Waals surface area contributed by atoms with E-state index >= 15 is 0 Å². The molecule has 0 saturated carbocycles. The van der Waals surface area contributed by atoms with Gasteiger partial charge in [0.05, 0.1) is 26.3 Å². The van der Waals surface area contributed by atoms with Crippen molar-refractivity contribution in [3.8, 4) is 22.5 Å². The van der Waals surface area contributed by atoms with Gasteiger partial charge in [-0.05, 0) is 48.7 Å². The molecule has 2 aliphatic heterocycles. The number of nitrogens with zero attached hydrogens (tertiary/aromatic N) is 4. The van der Waals surface area contributed by atoms with Crippen LogP contribution in [0.15, 0.2) is 94.4 Å². The number of hydrogen-bond donors (Lipinski definition) is 4. The molecule has 2 aliphatic rings. The second kappa shape index (κ2) is 14.0. The van der Waals surface area contributed by atoms with Crippen molar-refractivity contribution in [3.05, 3.63) is 95.6 Å². The quantitative estimate of drug-likeness (QED) is 0.0940. The number of nitrogens with two attached hydrogens (primary N) is 2. The van der Waals surface area contributed by atoms with Crippen LogP contribution < -0.4 is 11.5 Å². The molecule has 242 valence electrons. The molecule has 0 atom stereocenters. The predicted octanol–water partition coefficient (Wildman–Crippen LogP) is 5.38. The topological polar surface area (TPSA) is 124 Å². The molecule has 5 aromatic rings. The maximum absolute atomic E-state index is 6.40. The second-order valence-corrected chi connectivity index (χ2v) is 12.7. The van der Waals surface area contributed by atoms with Gasteiger partial charge in [0.25, 0.3) is 0 Å². The van der Waals surface area contributed by atoms with E-state index in [1.165, 1.54) is 5.57 Å². The number of aromatic amines is 2. The van der Waals surface area contributed by atoms with Crippen molar-refractivity contribution >= 4 is 33.5 Å². The molecule has 0 bridgehead atoms. The summed E-state index contributed by atoms with van der Waals surface area (Å²) in [6.07, 6.45) is 3.44. The van der Waals surface area contributed by atoms with E-state index in [0.29, 0.717) is 24.8 Å². The van der Waals surface area contributed by atoms with Gasteiger partial charge in [0.15, 0.2) is 0 Å². The van der Waals surface area contributed by atoms with Crippen molar-refractivity contribution in [1.29, 1.82) is 0 Å². The third-order valence-corrected chi connectivity index (χ3v) is 9.25. The smallest absolute Gasteiger partial charge is 0.125 e. The summed E-state index contributed by atoms with van der Waals surface area (Å²) in [7, 11) is 0. The molecule has 47 heavy (non-hydrogen) atoms. The first-order chi connectivity index (χ1) is 23.0. The van der Waals surface area contributed by atoms with Crippen LogP contribution in [0.3, 0.4) is 0 Å². The highest BCUT2D eigenvalue weighted by Crippen LogP contribution is 2.29. The minimum atomic E-state index is 0.571. The average Bonchev–Trinajstić information content (AvgIpc) is 3.73. The third kappa shape index (κ3) is 7.33. The molecular weight excluding hydrogens is 584 g/mol. The van der Waals surface area contributed by atoms with Gasteiger partial charge >= 0.3 is 0 Å². The lowest BCUT2D eigenvalue weighted by Crippen LogP contribution is -2.38. The van der Waals surface area contributed by atoms with E-state index in [2.05, 4.69) is 109 Å². The van der Waals surface area contributed by atoms with Gasteiger partial charge in [-0.1, -0.05) is 60.2 Å². The number of morpholine rings is 1. The summed E-state index contributed by atoms with van der Waals surface area (Å²) in [5, 5.41) is 2.29. The van der Waals surface area contributed by atoms with Crippen molar-refractivity contribution < 1.29 is 4.74 Å². The van der Waals surface area contributed by atoms with Gasteiger partial charge in [0.2, 0.25) is 0 Å². The Kier molecular flexibility index (Phi) is 9.19. The Morgan fingerprint density at radius 1 is 0.702 bits per heavy atom. The van der Waals surface area contributed by atoms with Crippen molar-refractivity contribution in [2.75, 3.05) is 65.6 Å². The van der Waals surface area contributed by atoms with Crippen LogP contribution in [0.5, 0.6) is 0 Å². The van der Waals surface area contributed by atoms with Crippen LogP contribution in [-0.2, 0) is 4.74 Å². The average molecular weight is 629 g/mol. The molecule has 4 heterocycles. The minimum absolute atomic E-state index is 0.571. The molecule has 0 amide bonds. The van der Waals surface area contributed by atoms with Gasteiger partial charge < -0.3 is 26.2 Å². The Morgan fingerprint density at radius 2 is 1.23 bits per heavy atom. The number of nitrogens with one attached hydrogen (secondary N) is 2. The zero-order valence-corrected chi connectivity index (χ0v) is 27.1. The summed E-state index contributed by atoms with van der Waals surface area (Å²) in [6, 6.07) is 25.5. The monoisotopic (exact) mass is 628 g/mol. The molecule has 7 rings (SSSR count). The van der Waals surface area contributed by atoms with E-state index in [9.17, 15) is 0 Å². The Balaban J connectivity index is 1.00. The fourth-order valence-electron chi connectivity index (χ4n) is 6.52. The van der Waals surface area contributed by atoms with Crippen molar-refractivity contribution in [2.24, 2.45) is 21.5 Å². The normalized spacial score (nSPS) is 17.1. The highest BCUT2D eigenvalue weighted by molar-refractivity contribution is 6.02. The molecule has 9 nitrogen and oxygen atoms in total. The van der Waals surface area contributed by atoms with Crippen molar-refractivity contribution in [2.45, 2.75) is 13.3 Å². The number of ether oxygens (including phenoxy) is 1. The summed E-state index contributed by atoms with van der Waals surface area (Å²) in [6.45, 7) is 11.0. The Hall–Kier alpha value is -4.70. The fourth-order valence-corrected chi connectivity index (χ4v) is 6.52. The standard InChI is InChI=1S/C38H44N8O/c1-26-3-2-14-46(25-26)16-13-42-38(40)32-11-9-30-22-34(44-36(30)24-32)28-6-4-27(5-7-28)33-21-29-8-10-31(23-35(29)43-33)37(39)41-12-15-45-17-19-47-20-18-45/h3-11,21-24,43-44H,2,12-20,25H2,1H3,(H2,39,41)(H2,40,42). The molecule has 0 aliphatic carbocycles. The lowest BCUT2D eigenvalue weighted by molar-refractivity contribution is 0.0394. The van der Waals surface area contributed by atoms with Gasteiger partial charge in [-0.3, -0.25) is 19.8 Å². The van der Waals surface area contributed by atoms with Gasteiger partial charge in [-0.25, -0.2) is 0 Å². The SMILES string of the molecule is CC1=CCCN(CCN=C(N)c2ccc3cc(-c4ccc(-c5cc6ccc(C(N)=NCCN7CCOCC7)cc6[nH]5)cc4)[nH]c3c2)C1. The Labute approximate surface area is 276 Å². The predicted molar refractivity (Wildman–Crippen MR) is 194 cm³/mol. The molecule has 6 N–H and O–H groups in total. The molecule has 1 saturated heterocycles. The largest absolute Gasteiger partial charge is 0.384 e. The lowest BCUT2D eigenvalue weighted by Gasteiger charge is -2.25. The summed E-state index contributed by atoms with van der Waals surface area (Å²) in [4.78, 5) is 21.3. The molecule has 0 spiro atoms. The maximum Gasteiger partial charge on any atom is 0.125 e. The molecule has 0 unspecified atom stereocenters. The molecule has 1 fully saturated rings. The van der Waals surface area contributed by atoms with Crippen LogP contribution in [0.4, 0.5) is 0 Å². The number of fused-ring (bicyclic) bond motifs is 2. The maximum atomic E-state index is 6.40. The van der Waals surface area contributed by atoms with Crippen LogP contribution in [0.1, 0.15) is 24.5 Å². The highest BCUT2D eigenvalue weighted by atomic mass is 16.5. The summed E-state index contributed by atoms with van der Waals surface area (Å²) in [5.74, 6) is 1.16. The first kappa shape index (κ1) is 30.9. The van der Waals surface area contributed by atoms with E-state index in [0.717, 1.165) is 114 Å². The van der Waals surface area contributed by atoms with E-state index in [-0.39, 0.29) is 0 Å². The first-order valence-electron chi connectivity index (χ1n) is 16.6. The van der Waals surface area contributed by atoms with Gasteiger partial charge in [0, 0.05) is 83.6 Å². The number of rotatable bonds is 10. The molecular formula is C38H44N8O. The number of hydrogen-bond acceptors (Lipinski definition) is 5. The number of aliphatic imine (C=N–C) groups is 2. The van der Waals surface area contributed by atoms with Crippen molar-refractivity contribution in [1.82, 2.24) is 19.8 Å². The molecule has 9 heteroatoms. The highest BCUT2D eigenvalue weighted by Gasteiger charge is 2.12. The summed E-state index contributed by atoms with van der Waals surface area (Å²) in [5.41, 5.74) is 22.5. The number of amidine groups is 2. The van der Waals surface area contributed by atoms with Crippen LogP contribution in [0.25, 0.3) is 44.3 Å². The number of H-pyrrole nitrogens is 2. The third-order valence-electron chi connectivity index (χ3n) is 9.25. The zero-order chi connectivity index (χ0) is 32.2. The van der Waals surface area contributed by atoms with E-state index < -0.39 is 0 Å². The first-order valence-corrected chi connectivity index (χ1v) is 16.6. The van der Waals surface area contributed by atoms with E-state index in [1.54, 1.807) is 0 Å². The number of benzene rings is 3. The molecule has 3 aromatic carbocycles. The van der Waals surface area contributed by atoms with E-state index in [1.807, 2.05) is 6.07 Å². The van der Waals surface area contributed by atoms with Crippen LogP contribution in [0, 0.1) is 0 Å². The van der Waals surface area contributed by atoms with Crippen molar-refractivity contribution in [3.63, 3.8) is 0 Å². The Bertz CT molecular complexity index is 1940. The minimum Gasteiger partial charge on any atom is -0.384 e. The van der Waals surface area contributed by atoms with Crippen LogP contribution in [-0.4, -0.2) is 97.0 Å². The zero-order valence-electron chi connectivity index (χ0n) is 27.1. The number of aromatic nitrogens is 2. The summed E-state index contributed by atoms with van der Waals surface area (Å²) >= 11 is 0.